The maximum Gasteiger partial charge on any atom is 0.228 e. The Bertz CT molecular complexity index is 1060. The summed E-state index contributed by atoms with van der Waals surface area (Å²) in [5.41, 5.74) is 3.51. The van der Waals surface area contributed by atoms with E-state index in [1.807, 2.05) is 36.3 Å². The number of ether oxygens (including phenoxy) is 1. The van der Waals surface area contributed by atoms with Gasteiger partial charge in [0.2, 0.25) is 5.95 Å². The van der Waals surface area contributed by atoms with Gasteiger partial charge in [-0.3, -0.25) is 4.68 Å². The summed E-state index contributed by atoms with van der Waals surface area (Å²) in [5, 5.41) is 18.0. The van der Waals surface area contributed by atoms with E-state index in [4.69, 9.17) is 9.72 Å². The van der Waals surface area contributed by atoms with Crippen LogP contribution in [0.25, 0.3) is 11.3 Å². The maximum absolute atomic E-state index is 9.42. The highest BCUT2D eigenvalue weighted by Crippen LogP contribution is 2.44. The smallest absolute Gasteiger partial charge is 0.228 e. The summed E-state index contributed by atoms with van der Waals surface area (Å²) in [4.78, 5) is 9.29. The zero-order chi connectivity index (χ0) is 19.1. The number of nitrogens with zero attached hydrogens (tertiary/aromatic N) is 6. The molecule has 0 amide bonds. The normalized spacial score (nSPS) is 17.7. The van der Waals surface area contributed by atoms with Crippen molar-refractivity contribution < 1.29 is 4.74 Å². The second-order valence-corrected chi connectivity index (χ2v) is 8.35. The van der Waals surface area contributed by atoms with Gasteiger partial charge in [0.15, 0.2) is 0 Å². The number of anilines is 2. The highest BCUT2D eigenvalue weighted by Gasteiger charge is 2.39. The Hall–Kier alpha value is -2.83. The molecule has 3 aromatic heterocycles. The molecule has 0 atom stereocenters. The zero-order valence-corrected chi connectivity index (χ0v) is 16.2. The monoisotopic (exact) mass is 393 g/mol. The van der Waals surface area contributed by atoms with Crippen LogP contribution in [0, 0.1) is 23.7 Å². The summed E-state index contributed by atoms with van der Waals surface area (Å²) in [6, 6.07) is 4.34. The van der Waals surface area contributed by atoms with Crippen LogP contribution in [-0.4, -0.2) is 37.3 Å². The number of hydrogen-bond donors (Lipinski definition) is 1. The van der Waals surface area contributed by atoms with Crippen molar-refractivity contribution in [2.24, 2.45) is 5.41 Å². The van der Waals surface area contributed by atoms with E-state index < -0.39 is 5.41 Å². The number of aryl methyl sites for hydroxylation is 1. The van der Waals surface area contributed by atoms with Gasteiger partial charge in [-0.2, -0.15) is 14.7 Å². The molecule has 1 saturated heterocycles. The van der Waals surface area contributed by atoms with Crippen LogP contribution >= 0.6 is 11.5 Å². The molecule has 0 unspecified atom stereocenters. The molecule has 9 heteroatoms. The predicted molar refractivity (Wildman–Crippen MR) is 104 cm³/mol. The lowest BCUT2D eigenvalue weighted by molar-refractivity contribution is -0.0870. The van der Waals surface area contributed by atoms with E-state index in [0.29, 0.717) is 31.6 Å². The van der Waals surface area contributed by atoms with Crippen LogP contribution in [0.1, 0.15) is 30.0 Å². The number of hydrogen-bond acceptors (Lipinski definition) is 8. The van der Waals surface area contributed by atoms with Crippen LogP contribution in [0.4, 0.5) is 10.9 Å². The first-order chi connectivity index (χ1) is 13.6. The summed E-state index contributed by atoms with van der Waals surface area (Å²) in [7, 11) is 0. The van der Waals surface area contributed by atoms with Gasteiger partial charge in [0.1, 0.15) is 10.4 Å². The Kier molecular flexibility index (Phi) is 4.10. The van der Waals surface area contributed by atoms with Crippen molar-refractivity contribution in [2.45, 2.75) is 32.2 Å². The van der Waals surface area contributed by atoms with Gasteiger partial charge in [-0.1, -0.05) is 0 Å². The number of nitrogens with one attached hydrogen (secondary N) is 1. The quantitative estimate of drug-likeness (QED) is 0.686. The Labute approximate surface area is 166 Å². The summed E-state index contributed by atoms with van der Waals surface area (Å²) in [6.07, 6.45) is 8.04. The van der Waals surface area contributed by atoms with Crippen molar-refractivity contribution in [3.8, 4) is 17.3 Å². The van der Waals surface area contributed by atoms with Gasteiger partial charge in [-0.25, -0.2) is 9.97 Å². The molecule has 5 rings (SSSR count). The van der Waals surface area contributed by atoms with E-state index in [1.54, 1.807) is 0 Å². The lowest BCUT2D eigenvalue weighted by Crippen LogP contribution is -2.44. The maximum atomic E-state index is 9.42. The summed E-state index contributed by atoms with van der Waals surface area (Å²) < 4.78 is 11.3. The van der Waals surface area contributed by atoms with E-state index >= 15 is 0 Å². The minimum absolute atomic E-state index is 0.460. The Morgan fingerprint density at radius 3 is 2.89 bits per heavy atom. The van der Waals surface area contributed by atoms with E-state index in [9.17, 15) is 5.26 Å². The van der Waals surface area contributed by atoms with Crippen molar-refractivity contribution >= 4 is 22.5 Å². The molecular weight excluding hydrogens is 374 g/mol. The second kappa shape index (κ2) is 6.65. The molecule has 28 heavy (non-hydrogen) atoms. The van der Waals surface area contributed by atoms with E-state index in [-0.39, 0.29) is 0 Å². The molecule has 1 saturated carbocycles. The molecule has 0 aromatic carbocycles. The third kappa shape index (κ3) is 3.25. The van der Waals surface area contributed by atoms with Crippen LogP contribution in [0.15, 0.2) is 24.7 Å². The van der Waals surface area contributed by atoms with Crippen molar-refractivity contribution in [3.63, 3.8) is 0 Å². The molecule has 142 valence electrons. The Morgan fingerprint density at radius 1 is 1.39 bits per heavy atom. The molecule has 2 fully saturated rings. The lowest BCUT2D eigenvalue weighted by Gasteiger charge is -2.34. The molecule has 8 nitrogen and oxygen atoms in total. The Balaban J connectivity index is 1.44. The molecule has 1 aliphatic heterocycles. The van der Waals surface area contributed by atoms with Crippen LogP contribution in [0.3, 0.4) is 0 Å². The average molecular weight is 393 g/mol. The van der Waals surface area contributed by atoms with Crippen molar-refractivity contribution in [2.75, 3.05) is 18.5 Å². The van der Waals surface area contributed by atoms with E-state index in [2.05, 4.69) is 25.8 Å². The van der Waals surface area contributed by atoms with Gasteiger partial charge in [0.25, 0.3) is 0 Å². The highest BCUT2D eigenvalue weighted by molar-refractivity contribution is 7.10. The van der Waals surface area contributed by atoms with Gasteiger partial charge in [-0.05, 0) is 43.3 Å². The molecule has 0 spiro atoms. The molecule has 0 bridgehead atoms. The number of aromatic nitrogens is 5. The summed E-state index contributed by atoms with van der Waals surface area (Å²) in [6.45, 7) is 3.40. The Morgan fingerprint density at radius 2 is 2.25 bits per heavy atom. The summed E-state index contributed by atoms with van der Waals surface area (Å²) >= 11 is 1.39. The molecule has 3 aromatic rings. The SMILES string of the molecule is Cc1cc(Nc2ncc(C3CC3)c(-c3cnn(CC4(C#N)COC4)c3)n2)sn1. The van der Waals surface area contributed by atoms with Crippen molar-refractivity contribution in [1.29, 1.82) is 5.26 Å². The van der Waals surface area contributed by atoms with Crippen molar-refractivity contribution in [1.82, 2.24) is 24.1 Å². The van der Waals surface area contributed by atoms with Crippen LogP contribution < -0.4 is 5.32 Å². The van der Waals surface area contributed by atoms with Crippen LogP contribution in [-0.2, 0) is 11.3 Å². The highest BCUT2D eigenvalue weighted by atomic mass is 32.1. The molecule has 1 aliphatic carbocycles. The van der Waals surface area contributed by atoms with E-state index in [0.717, 1.165) is 27.5 Å². The number of rotatable bonds is 6. The minimum Gasteiger partial charge on any atom is -0.378 e. The fraction of sp³-hybridized carbons (Fsp3) is 0.421. The second-order valence-electron chi connectivity index (χ2n) is 7.54. The minimum atomic E-state index is -0.467. The molecule has 4 heterocycles. The molecule has 1 N–H and O–H groups in total. The zero-order valence-electron chi connectivity index (χ0n) is 15.4. The first-order valence-corrected chi connectivity index (χ1v) is 10.0. The first-order valence-electron chi connectivity index (χ1n) is 9.23. The lowest BCUT2D eigenvalue weighted by atomic mass is 9.88. The largest absolute Gasteiger partial charge is 0.378 e. The summed E-state index contributed by atoms with van der Waals surface area (Å²) in [5.74, 6) is 1.07. The standard InChI is InChI=1S/C19H19N7OS/c1-12-4-16(28-25-12)23-18-21-6-15(13-2-3-13)17(24-18)14-5-22-26(7-14)9-19(8-20)10-27-11-19/h4-7,13H,2-3,9-11H2,1H3,(H,21,23,24). The van der Waals surface area contributed by atoms with Gasteiger partial charge in [0, 0.05) is 23.5 Å². The molecule has 0 radical (unpaired) electrons. The van der Waals surface area contributed by atoms with Gasteiger partial charge in [-0.15, -0.1) is 0 Å². The fourth-order valence-corrected chi connectivity index (χ4v) is 3.99. The van der Waals surface area contributed by atoms with Gasteiger partial charge < -0.3 is 10.1 Å². The van der Waals surface area contributed by atoms with E-state index in [1.165, 1.54) is 24.4 Å². The van der Waals surface area contributed by atoms with Crippen LogP contribution in [0.2, 0.25) is 0 Å². The van der Waals surface area contributed by atoms with Crippen LogP contribution in [0.5, 0.6) is 0 Å². The number of nitriles is 1. The van der Waals surface area contributed by atoms with Crippen molar-refractivity contribution in [3.05, 3.63) is 35.9 Å². The average Bonchev–Trinajstić information content (AvgIpc) is 3.27. The fourth-order valence-electron chi connectivity index (χ4n) is 3.33. The third-order valence-corrected chi connectivity index (χ3v) is 5.86. The third-order valence-electron chi connectivity index (χ3n) is 5.06. The predicted octanol–water partition coefficient (Wildman–Crippen LogP) is 3.27. The molecule has 2 aliphatic rings. The topological polar surface area (TPSA) is 102 Å². The first kappa shape index (κ1) is 17.3. The van der Waals surface area contributed by atoms with Gasteiger partial charge in [0.05, 0.1) is 43.4 Å². The molecular formula is C19H19N7OS. The van der Waals surface area contributed by atoms with Gasteiger partial charge >= 0.3 is 0 Å².